The van der Waals surface area contributed by atoms with E-state index in [2.05, 4.69) is 0 Å². The van der Waals surface area contributed by atoms with Crippen LogP contribution < -0.4 is 0 Å². The molecule has 0 saturated heterocycles. The van der Waals surface area contributed by atoms with E-state index < -0.39 is 0 Å². The van der Waals surface area contributed by atoms with Crippen LogP contribution in [0.2, 0.25) is 0 Å². The van der Waals surface area contributed by atoms with Crippen molar-refractivity contribution in [3.8, 4) is 11.5 Å². The number of rotatable bonds is 0. The van der Waals surface area contributed by atoms with Crippen LogP contribution in [0.25, 0.3) is 0 Å². The number of benzene rings is 1. The molecule has 11 heavy (non-hydrogen) atoms. The highest BCUT2D eigenvalue weighted by Gasteiger charge is 2.10. The van der Waals surface area contributed by atoms with Crippen LogP contribution >= 0.6 is 0 Å². The highest BCUT2D eigenvalue weighted by molar-refractivity contribution is 5.50. The van der Waals surface area contributed by atoms with Crippen molar-refractivity contribution in [3.05, 3.63) is 22.8 Å². The number of aromatic hydroxyl groups is 1. The number of hydrogen-bond acceptors (Lipinski definition) is 1. The molecule has 1 aromatic carbocycles. The number of hydrogen-bond donors (Lipinski definition) is 1. The fraction of sp³-hybridized carbons (Fsp3) is 0.333. The summed E-state index contributed by atoms with van der Waals surface area (Å²) < 4.78 is 0. The molecule has 0 atom stereocenters. The van der Waals surface area contributed by atoms with Crippen molar-refractivity contribution in [1.82, 2.24) is 0 Å². The zero-order chi connectivity index (χ0) is 8.59. The Labute approximate surface area is 66.1 Å². The van der Waals surface area contributed by atoms with Crippen molar-refractivity contribution in [2.24, 2.45) is 0 Å². The van der Waals surface area contributed by atoms with Crippen molar-refractivity contribution in [2.75, 3.05) is 0 Å². The Kier molecular flexibility index (Phi) is 1.77. The van der Waals surface area contributed by atoms with Gasteiger partial charge in [0.2, 0.25) is 0 Å². The Bertz CT molecular complexity index is 264. The molecule has 0 spiro atoms. The quantitative estimate of drug-likeness (QED) is 0.567. The summed E-state index contributed by atoms with van der Waals surface area (Å²) in [5, 5.41) is 16.9. The third kappa shape index (κ3) is 1.16. The standard InChI is InChI=1S/C9H12O2/c1-5-4-8(10)6(2)7(3)9(5)11/h4,10-11H,1-3H3/p+1. The van der Waals surface area contributed by atoms with Crippen LogP contribution in [0, 0.1) is 20.8 Å². The molecule has 0 fully saturated rings. The van der Waals surface area contributed by atoms with Gasteiger partial charge >= 0.3 is 0 Å². The second-order valence-corrected chi connectivity index (χ2v) is 2.84. The first kappa shape index (κ1) is 7.92. The molecule has 0 amide bonds. The van der Waals surface area contributed by atoms with Crippen molar-refractivity contribution < 1.29 is 10.2 Å². The largest absolute Gasteiger partial charge is 0.593 e. The van der Waals surface area contributed by atoms with Gasteiger partial charge in [0.05, 0.1) is 5.56 Å². The van der Waals surface area contributed by atoms with E-state index in [0.29, 0.717) is 11.5 Å². The lowest BCUT2D eigenvalue weighted by Crippen LogP contribution is -1.85. The first-order chi connectivity index (χ1) is 5.04. The summed E-state index contributed by atoms with van der Waals surface area (Å²) in [6, 6.07) is 1.68. The minimum atomic E-state index is 0.318. The van der Waals surface area contributed by atoms with Crippen LogP contribution in [-0.2, 0) is 0 Å². The molecule has 0 saturated carbocycles. The molecule has 0 aliphatic heterocycles. The van der Waals surface area contributed by atoms with E-state index >= 15 is 0 Å². The molecular formula is C9H13O2+. The average Bonchev–Trinajstić information content (AvgIpc) is 1.97. The fourth-order valence-corrected chi connectivity index (χ4v) is 1.07. The Morgan fingerprint density at radius 2 is 1.73 bits per heavy atom. The second-order valence-electron chi connectivity index (χ2n) is 2.84. The molecule has 0 heterocycles. The van der Waals surface area contributed by atoms with Gasteiger partial charge in [0, 0.05) is 17.2 Å². The molecule has 1 aromatic rings. The van der Waals surface area contributed by atoms with E-state index in [-0.39, 0.29) is 0 Å². The van der Waals surface area contributed by atoms with E-state index in [1.165, 1.54) is 0 Å². The molecule has 0 aliphatic carbocycles. The molecule has 0 bridgehead atoms. The van der Waals surface area contributed by atoms with Crippen LogP contribution in [-0.4, -0.2) is 10.2 Å². The zero-order valence-corrected chi connectivity index (χ0v) is 7.02. The summed E-state index contributed by atoms with van der Waals surface area (Å²) in [5.74, 6) is 0.816. The average molecular weight is 153 g/mol. The van der Waals surface area contributed by atoms with Crippen LogP contribution in [0.5, 0.6) is 11.5 Å². The predicted molar refractivity (Wildman–Crippen MR) is 45.4 cm³/mol. The van der Waals surface area contributed by atoms with Crippen LogP contribution in [0.1, 0.15) is 16.7 Å². The van der Waals surface area contributed by atoms with E-state index in [9.17, 15) is 5.11 Å². The number of aryl methyl sites for hydroxylation is 1. The van der Waals surface area contributed by atoms with Gasteiger partial charge in [0.1, 0.15) is 5.75 Å². The van der Waals surface area contributed by atoms with Gasteiger partial charge in [-0.3, -0.25) is 0 Å². The first-order valence-electron chi connectivity index (χ1n) is 3.55. The highest BCUT2D eigenvalue weighted by atomic mass is 16.3. The summed E-state index contributed by atoms with van der Waals surface area (Å²) in [6.07, 6.45) is 0. The van der Waals surface area contributed by atoms with Gasteiger partial charge < -0.3 is 10.2 Å². The summed E-state index contributed by atoms with van der Waals surface area (Å²) in [5.41, 5.74) is 2.45. The maximum atomic E-state index is 9.43. The maximum absolute atomic E-state index is 9.43. The molecule has 0 radical (unpaired) electrons. The summed E-state index contributed by atoms with van der Waals surface area (Å²) in [6.45, 7) is 5.48. The van der Waals surface area contributed by atoms with Crippen molar-refractivity contribution in [3.63, 3.8) is 0 Å². The molecule has 2 nitrogen and oxygen atoms in total. The first-order valence-corrected chi connectivity index (χ1v) is 3.55. The van der Waals surface area contributed by atoms with Crippen LogP contribution in [0.3, 0.4) is 0 Å². The molecule has 2 heteroatoms. The van der Waals surface area contributed by atoms with E-state index in [0.717, 1.165) is 16.7 Å². The van der Waals surface area contributed by atoms with Gasteiger partial charge in [-0.25, -0.2) is 0 Å². The van der Waals surface area contributed by atoms with Gasteiger partial charge in [-0.1, -0.05) is 0 Å². The lowest BCUT2D eigenvalue weighted by molar-refractivity contribution is 0.449. The number of phenols is 1. The predicted octanol–water partition coefficient (Wildman–Crippen LogP) is 1.76. The maximum Gasteiger partial charge on any atom is 0.257 e. The van der Waals surface area contributed by atoms with Gasteiger partial charge in [0.25, 0.3) is 5.75 Å². The smallest absolute Gasteiger partial charge is 0.257 e. The molecule has 0 aliphatic rings. The van der Waals surface area contributed by atoms with Crippen molar-refractivity contribution in [1.29, 1.82) is 0 Å². The summed E-state index contributed by atoms with van der Waals surface area (Å²) in [4.78, 5) is 0. The topological polar surface area (TPSA) is 43.1 Å². The fourth-order valence-electron chi connectivity index (χ4n) is 1.07. The minimum absolute atomic E-state index is 0.318. The molecule has 60 valence electrons. The van der Waals surface area contributed by atoms with Gasteiger partial charge in [-0.2, -0.15) is 0 Å². The SMILES string of the molecule is Cc1cc([OH2+])c(C)c(C)c1O. The van der Waals surface area contributed by atoms with E-state index in [4.69, 9.17) is 5.11 Å². The van der Waals surface area contributed by atoms with E-state index in [1.807, 2.05) is 13.8 Å². The summed E-state index contributed by atoms with van der Waals surface area (Å²) >= 11 is 0. The molecule has 1 rings (SSSR count). The molecular weight excluding hydrogens is 140 g/mol. The Morgan fingerprint density at radius 1 is 1.18 bits per heavy atom. The lowest BCUT2D eigenvalue weighted by Gasteiger charge is -2.05. The molecule has 0 unspecified atom stereocenters. The third-order valence-corrected chi connectivity index (χ3v) is 2.06. The Morgan fingerprint density at radius 3 is 2.27 bits per heavy atom. The lowest BCUT2D eigenvalue weighted by atomic mass is 10.0. The van der Waals surface area contributed by atoms with E-state index in [1.54, 1.807) is 13.0 Å². The van der Waals surface area contributed by atoms with Crippen molar-refractivity contribution >= 4 is 0 Å². The summed E-state index contributed by atoms with van der Waals surface area (Å²) in [7, 11) is 0. The second kappa shape index (κ2) is 2.46. The highest BCUT2D eigenvalue weighted by Crippen LogP contribution is 2.30. The van der Waals surface area contributed by atoms with Crippen LogP contribution in [0.15, 0.2) is 6.07 Å². The van der Waals surface area contributed by atoms with Gasteiger partial charge in [-0.15, -0.1) is 0 Å². The van der Waals surface area contributed by atoms with Gasteiger partial charge in [0.15, 0.2) is 0 Å². The molecule has 0 aromatic heterocycles. The molecule has 3 N–H and O–H groups in total. The number of phenolic OH excluding ortho intramolecular Hbond substituents is 1. The minimum Gasteiger partial charge on any atom is -0.593 e. The Hall–Kier alpha value is -1.18. The zero-order valence-electron chi connectivity index (χ0n) is 7.02. The Balaban J connectivity index is 3.46. The monoisotopic (exact) mass is 153 g/mol. The van der Waals surface area contributed by atoms with Gasteiger partial charge in [-0.05, 0) is 20.8 Å². The van der Waals surface area contributed by atoms with Crippen molar-refractivity contribution in [2.45, 2.75) is 20.8 Å². The third-order valence-electron chi connectivity index (χ3n) is 2.06. The normalized spacial score (nSPS) is 10.1. The van der Waals surface area contributed by atoms with Crippen LogP contribution in [0.4, 0.5) is 0 Å².